The minimum Gasteiger partial charge on any atom is -0.348 e. The molecule has 0 unspecified atom stereocenters. The predicted molar refractivity (Wildman–Crippen MR) is 120 cm³/mol. The molecule has 0 radical (unpaired) electrons. The van der Waals surface area contributed by atoms with Crippen LogP contribution in [-0.2, 0) is 24.4 Å². The van der Waals surface area contributed by atoms with Crippen LogP contribution >= 0.6 is 0 Å². The van der Waals surface area contributed by atoms with Crippen molar-refractivity contribution in [3.05, 3.63) is 26.7 Å². The molecule has 1 aliphatic rings. The number of nitrogens with one attached hydrogen (secondary N) is 1. The normalized spacial score (nSPS) is 16.0. The van der Waals surface area contributed by atoms with E-state index in [2.05, 4.69) is 21.7 Å². The summed E-state index contributed by atoms with van der Waals surface area (Å²) >= 11 is 0. The van der Waals surface area contributed by atoms with E-state index in [0.29, 0.717) is 37.3 Å². The van der Waals surface area contributed by atoms with E-state index in [1.54, 1.807) is 23.6 Å². The highest BCUT2D eigenvalue weighted by Crippen LogP contribution is 2.15. The van der Waals surface area contributed by atoms with Gasteiger partial charge in [0.25, 0.3) is 5.56 Å². The Morgan fingerprint density at radius 3 is 2.45 bits per heavy atom. The first kappa shape index (κ1) is 23.2. The number of hydrogen-bond acceptors (Lipinski definition) is 6. The number of H-pyrrole nitrogens is 1. The third kappa shape index (κ3) is 5.24. The minimum atomic E-state index is -0.394. The van der Waals surface area contributed by atoms with E-state index in [1.165, 1.54) is 0 Å². The molecule has 0 aliphatic carbocycles. The lowest BCUT2D eigenvalue weighted by molar-refractivity contribution is -0.129. The lowest BCUT2D eigenvalue weighted by Gasteiger charge is -2.22. The van der Waals surface area contributed by atoms with Gasteiger partial charge in [-0.25, -0.2) is 9.78 Å². The molecule has 1 aliphatic heterocycles. The van der Waals surface area contributed by atoms with E-state index in [4.69, 9.17) is 4.98 Å². The number of unbranched alkanes of at least 4 members (excludes halogenated alkanes) is 1. The third-order valence-electron chi connectivity index (χ3n) is 5.92. The quantitative estimate of drug-likeness (QED) is 0.643. The van der Waals surface area contributed by atoms with Gasteiger partial charge in [0.05, 0.1) is 13.1 Å². The number of rotatable bonds is 8. The van der Waals surface area contributed by atoms with Gasteiger partial charge >= 0.3 is 5.69 Å². The molecular weight excluding hydrogens is 398 g/mol. The highest BCUT2D eigenvalue weighted by atomic mass is 16.2. The number of fused-ring (bicyclic) bond motifs is 1. The molecule has 10 nitrogen and oxygen atoms in total. The van der Waals surface area contributed by atoms with Crippen LogP contribution in [0.1, 0.15) is 38.9 Å². The number of aromatic nitrogens is 4. The van der Waals surface area contributed by atoms with Crippen LogP contribution in [0.4, 0.5) is 0 Å². The number of nitrogens with zero attached hydrogens (tertiary/aromatic N) is 6. The molecule has 1 saturated heterocycles. The summed E-state index contributed by atoms with van der Waals surface area (Å²) < 4.78 is 3.52. The molecule has 0 aromatic carbocycles. The van der Waals surface area contributed by atoms with Crippen LogP contribution in [0.2, 0.25) is 0 Å². The Labute approximate surface area is 182 Å². The van der Waals surface area contributed by atoms with Crippen molar-refractivity contribution in [2.45, 2.75) is 52.7 Å². The fraction of sp³-hybridized carbons (Fsp3) is 0.714. The van der Waals surface area contributed by atoms with Gasteiger partial charge in [-0.15, -0.1) is 0 Å². The lowest BCUT2D eigenvalue weighted by Crippen LogP contribution is -2.38. The van der Waals surface area contributed by atoms with Gasteiger partial charge in [-0.1, -0.05) is 13.3 Å². The van der Waals surface area contributed by atoms with Gasteiger partial charge in [0.15, 0.2) is 11.2 Å². The van der Waals surface area contributed by atoms with Crippen molar-refractivity contribution < 1.29 is 4.79 Å². The molecule has 0 bridgehead atoms. The van der Waals surface area contributed by atoms with Crippen LogP contribution in [0.5, 0.6) is 0 Å². The molecular formula is C21H35N7O3. The molecule has 10 heteroatoms. The Morgan fingerprint density at radius 1 is 1.06 bits per heavy atom. The number of likely N-dealkylation sites (N-methyl/N-ethyl adjacent to an activating group) is 1. The van der Waals surface area contributed by atoms with E-state index in [-0.39, 0.29) is 11.5 Å². The molecule has 1 amide bonds. The van der Waals surface area contributed by atoms with Crippen LogP contribution in [0, 0.1) is 0 Å². The second-order valence-electron chi connectivity index (χ2n) is 8.40. The fourth-order valence-electron chi connectivity index (χ4n) is 4.08. The van der Waals surface area contributed by atoms with Crippen molar-refractivity contribution in [2.75, 3.05) is 46.8 Å². The molecule has 172 valence electrons. The number of hydrogen-bond donors (Lipinski definition) is 1. The molecule has 2 aromatic heterocycles. The summed E-state index contributed by atoms with van der Waals surface area (Å²) in [5.41, 5.74) is 0.181. The van der Waals surface area contributed by atoms with Crippen molar-refractivity contribution in [3.8, 4) is 0 Å². The maximum atomic E-state index is 12.6. The predicted octanol–water partition coefficient (Wildman–Crippen LogP) is 0.302. The third-order valence-corrected chi connectivity index (χ3v) is 5.92. The van der Waals surface area contributed by atoms with E-state index < -0.39 is 5.69 Å². The summed E-state index contributed by atoms with van der Waals surface area (Å²) in [7, 11) is 3.56. The highest BCUT2D eigenvalue weighted by molar-refractivity contribution is 5.77. The summed E-state index contributed by atoms with van der Waals surface area (Å²) in [5.74, 6) is 0.919. The molecule has 2 aromatic rings. The largest absolute Gasteiger partial charge is 0.348 e. The average molecular weight is 434 g/mol. The Balaban J connectivity index is 1.83. The summed E-state index contributed by atoms with van der Waals surface area (Å²) in [4.78, 5) is 50.4. The van der Waals surface area contributed by atoms with Crippen LogP contribution in [0.25, 0.3) is 11.2 Å². The first-order valence-corrected chi connectivity index (χ1v) is 11.2. The second-order valence-corrected chi connectivity index (χ2v) is 8.40. The first-order valence-electron chi connectivity index (χ1n) is 11.2. The SMILES string of the molecule is CCCCn1c(=O)[nH]c(=O)c2c1nc(CN1CCCN(CC(=O)N(C)C)CC1)n2CC. The average Bonchev–Trinajstić information content (AvgIpc) is 2.94. The summed E-state index contributed by atoms with van der Waals surface area (Å²) in [6, 6.07) is 0. The molecule has 0 atom stereocenters. The monoisotopic (exact) mass is 433 g/mol. The number of aromatic amines is 1. The smallest absolute Gasteiger partial charge is 0.330 e. The maximum absolute atomic E-state index is 12.6. The number of carbonyl (C=O) groups excluding carboxylic acids is 1. The van der Waals surface area contributed by atoms with E-state index >= 15 is 0 Å². The Morgan fingerprint density at radius 2 is 1.77 bits per heavy atom. The van der Waals surface area contributed by atoms with Gasteiger partial charge in [0.2, 0.25) is 5.91 Å². The van der Waals surface area contributed by atoms with Gasteiger partial charge < -0.3 is 9.47 Å². The Hall–Kier alpha value is -2.46. The minimum absolute atomic E-state index is 0.116. The number of carbonyl (C=O) groups is 1. The Kier molecular flexibility index (Phi) is 7.66. The fourth-order valence-corrected chi connectivity index (χ4v) is 4.08. The van der Waals surface area contributed by atoms with Gasteiger partial charge in [-0.3, -0.25) is 28.9 Å². The van der Waals surface area contributed by atoms with Gasteiger partial charge in [0.1, 0.15) is 5.82 Å². The molecule has 3 heterocycles. The summed E-state index contributed by atoms with van der Waals surface area (Å²) in [6.07, 6.45) is 2.77. The standard InChI is InChI=1S/C21H35N7O3/c1-5-7-11-28-19-18(20(30)23-21(28)31)27(6-2)16(22-19)14-25-9-8-10-26(13-12-25)15-17(29)24(3)4/h5-15H2,1-4H3,(H,23,30,31). The Bertz CT molecular complexity index is 1020. The summed E-state index contributed by atoms with van der Waals surface area (Å²) in [6.45, 7) is 9.68. The molecule has 1 fully saturated rings. The zero-order valence-corrected chi connectivity index (χ0v) is 19.2. The summed E-state index contributed by atoms with van der Waals surface area (Å²) in [5, 5.41) is 0. The number of imidazole rings is 1. The topological polar surface area (TPSA) is 99.5 Å². The second kappa shape index (κ2) is 10.2. The van der Waals surface area contributed by atoms with Crippen molar-refractivity contribution in [2.24, 2.45) is 0 Å². The number of amides is 1. The lowest BCUT2D eigenvalue weighted by atomic mass is 10.3. The molecule has 0 saturated carbocycles. The van der Waals surface area contributed by atoms with Crippen LogP contribution in [0.3, 0.4) is 0 Å². The van der Waals surface area contributed by atoms with E-state index in [1.807, 2.05) is 11.5 Å². The highest BCUT2D eigenvalue weighted by Gasteiger charge is 2.22. The molecule has 0 spiro atoms. The van der Waals surface area contributed by atoms with Crippen molar-refractivity contribution in [3.63, 3.8) is 0 Å². The van der Waals surface area contributed by atoms with Crippen LogP contribution < -0.4 is 11.2 Å². The van der Waals surface area contributed by atoms with Gasteiger partial charge in [0, 0.05) is 40.3 Å². The van der Waals surface area contributed by atoms with Crippen LogP contribution in [-0.4, -0.2) is 86.5 Å². The van der Waals surface area contributed by atoms with Crippen molar-refractivity contribution in [1.29, 1.82) is 0 Å². The van der Waals surface area contributed by atoms with Gasteiger partial charge in [-0.2, -0.15) is 0 Å². The van der Waals surface area contributed by atoms with E-state index in [0.717, 1.165) is 51.3 Å². The van der Waals surface area contributed by atoms with Crippen LogP contribution in [0.15, 0.2) is 9.59 Å². The zero-order valence-electron chi connectivity index (χ0n) is 19.2. The molecule has 3 rings (SSSR count). The molecule has 31 heavy (non-hydrogen) atoms. The first-order chi connectivity index (χ1) is 14.8. The zero-order chi connectivity index (χ0) is 22.5. The molecule has 1 N–H and O–H groups in total. The van der Waals surface area contributed by atoms with Crippen molar-refractivity contribution in [1.82, 2.24) is 33.8 Å². The maximum Gasteiger partial charge on any atom is 0.330 e. The number of aryl methyl sites for hydroxylation is 2. The van der Waals surface area contributed by atoms with Crippen molar-refractivity contribution >= 4 is 17.1 Å². The van der Waals surface area contributed by atoms with Gasteiger partial charge in [-0.05, 0) is 32.9 Å². The van der Waals surface area contributed by atoms with E-state index in [9.17, 15) is 14.4 Å².